The summed E-state index contributed by atoms with van der Waals surface area (Å²) in [6.45, 7) is 0. The summed E-state index contributed by atoms with van der Waals surface area (Å²) in [5.74, 6) is 2.86. The van der Waals surface area contributed by atoms with Crippen LogP contribution in [-0.2, 0) is 11.2 Å². The molecule has 6 rings (SSSR count). The zero-order valence-electron chi connectivity index (χ0n) is 15.1. The maximum absolute atomic E-state index is 13.2. The van der Waals surface area contributed by atoms with Gasteiger partial charge in [0.1, 0.15) is 0 Å². The van der Waals surface area contributed by atoms with Crippen LogP contribution in [0.4, 0.5) is 0 Å². The Labute approximate surface area is 154 Å². The van der Waals surface area contributed by atoms with Crippen molar-refractivity contribution in [2.45, 2.75) is 44.9 Å². The molecule has 3 heteroatoms. The SMILES string of the molecule is O=C(Oc1cccnc1Cc1ccccc1)C12CC3CC(CC(C3)C1)C2. The minimum atomic E-state index is -0.228. The van der Waals surface area contributed by atoms with Crippen LogP contribution in [0.3, 0.4) is 0 Å². The number of hydrogen-bond donors (Lipinski definition) is 0. The molecule has 4 saturated carbocycles. The van der Waals surface area contributed by atoms with Crippen LogP contribution in [0, 0.1) is 23.2 Å². The Kier molecular flexibility index (Phi) is 3.84. The molecule has 2 aromatic rings. The highest BCUT2D eigenvalue weighted by molar-refractivity contribution is 5.80. The van der Waals surface area contributed by atoms with Gasteiger partial charge in [-0.05, 0) is 74.0 Å². The highest BCUT2D eigenvalue weighted by atomic mass is 16.5. The number of pyridine rings is 1. The molecule has 1 heterocycles. The zero-order valence-corrected chi connectivity index (χ0v) is 15.1. The van der Waals surface area contributed by atoms with Crippen molar-refractivity contribution in [1.29, 1.82) is 0 Å². The van der Waals surface area contributed by atoms with E-state index in [-0.39, 0.29) is 11.4 Å². The lowest BCUT2D eigenvalue weighted by molar-refractivity contribution is -0.161. The van der Waals surface area contributed by atoms with E-state index in [4.69, 9.17) is 4.74 Å². The van der Waals surface area contributed by atoms with Crippen molar-refractivity contribution in [2.24, 2.45) is 23.2 Å². The minimum absolute atomic E-state index is 0.00101. The maximum atomic E-state index is 13.2. The standard InChI is InChI=1S/C23H25NO2/c25-22(23-13-17-9-18(14-23)11-19(10-17)15-23)26-21-7-4-8-24-20(21)12-16-5-2-1-3-6-16/h1-8,17-19H,9-15H2. The highest BCUT2D eigenvalue weighted by Gasteiger charge is 2.55. The monoisotopic (exact) mass is 347 g/mol. The lowest BCUT2D eigenvalue weighted by Gasteiger charge is -2.55. The fraction of sp³-hybridized carbons (Fsp3) is 0.478. The average molecular weight is 347 g/mol. The van der Waals surface area contributed by atoms with Crippen LogP contribution in [0.15, 0.2) is 48.7 Å². The average Bonchev–Trinajstić information content (AvgIpc) is 2.63. The largest absolute Gasteiger partial charge is 0.424 e. The van der Waals surface area contributed by atoms with E-state index >= 15 is 0 Å². The number of esters is 1. The van der Waals surface area contributed by atoms with Crippen molar-refractivity contribution in [3.05, 3.63) is 59.9 Å². The predicted octanol–water partition coefficient (Wildman–Crippen LogP) is 4.79. The van der Waals surface area contributed by atoms with Gasteiger partial charge < -0.3 is 4.74 Å². The molecule has 4 aliphatic rings. The second kappa shape index (κ2) is 6.22. The van der Waals surface area contributed by atoms with Crippen molar-refractivity contribution < 1.29 is 9.53 Å². The number of carbonyl (C=O) groups is 1. The van der Waals surface area contributed by atoms with Crippen molar-refractivity contribution in [3.63, 3.8) is 0 Å². The molecular weight excluding hydrogens is 322 g/mol. The fourth-order valence-electron chi connectivity index (χ4n) is 6.01. The lowest BCUT2D eigenvalue weighted by Crippen LogP contribution is -2.51. The topological polar surface area (TPSA) is 39.2 Å². The first-order valence-corrected chi connectivity index (χ1v) is 9.90. The van der Waals surface area contributed by atoms with Crippen LogP contribution in [0.5, 0.6) is 5.75 Å². The van der Waals surface area contributed by atoms with Crippen molar-refractivity contribution in [1.82, 2.24) is 4.98 Å². The molecule has 0 atom stereocenters. The van der Waals surface area contributed by atoms with E-state index in [1.54, 1.807) is 6.20 Å². The van der Waals surface area contributed by atoms with E-state index in [2.05, 4.69) is 17.1 Å². The maximum Gasteiger partial charge on any atom is 0.317 e. The summed E-state index contributed by atoms with van der Waals surface area (Å²) in [6.07, 6.45) is 9.56. The molecule has 134 valence electrons. The van der Waals surface area contributed by atoms with Crippen LogP contribution in [0.25, 0.3) is 0 Å². The van der Waals surface area contributed by atoms with Gasteiger partial charge in [-0.25, -0.2) is 0 Å². The molecule has 0 spiro atoms. The number of nitrogens with zero attached hydrogens (tertiary/aromatic N) is 1. The van der Waals surface area contributed by atoms with Gasteiger partial charge >= 0.3 is 5.97 Å². The number of ether oxygens (including phenoxy) is 1. The molecule has 4 fully saturated rings. The van der Waals surface area contributed by atoms with E-state index in [0.29, 0.717) is 12.2 Å². The van der Waals surface area contributed by atoms with E-state index in [1.165, 1.54) is 24.8 Å². The van der Waals surface area contributed by atoms with Crippen LogP contribution < -0.4 is 4.74 Å². The third kappa shape index (κ3) is 2.84. The Hall–Kier alpha value is -2.16. The molecule has 0 N–H and O–H groups in total. The minimum Gasteiger partial charge on any atom is -0.424 e. The molecule has 1 aromatic carbocycles. The first-order chi connectivity index (χ1) is 12.7. The van der Waals surface area contributed by atoms with Gasteiger partial charge in [0.05, 0.1) is 11.1 Å². The van der Waals surface area contributed by atoms with Gasteiger partial charge in [-0.15, -0.1) is 0 Å². The van der Waals surface area contributed by atoms with E-state index < -0.39 is 0 Å². The third-order valence-electron chi connectivity index (χ3n) is 6.74. The quantitative estimate of drug-likeness (QED) is 0.746. The predicted molar refractivity (Wildman–Crippen MR) is 99.7 cm³/mol. The normalized spacial score (nSPS) is 31.8. The molecule has 0 unspecified atom stereocenters. The molecule has 0 radical (unpaired) electrons. The van der Waals surface area contributed by atoms with E-state index in [0.717, 1.165) is 42.7 Å². The van der Waals surface area contributed by atoms with Gasteiger partial charge in [-0.2, -0.15) is 0 Å². The third-order valence-corrected chi connectivity index (χ3v) is 6.74. The molecule has 0 saturated heterocycles. The summed E-state index contributed by atoms with van der Waals surface area (Å²) in [7, 11) is 0. The second-order valence-corrected chi connectivity index (χ2v) is 8.70. The molecule has 4 bridgehead atoms. The van der Waals surface area contributed by atoms with Gasteiger partial charge in [-0.1, -0.05) is 30.3 Å². The Morgan fingerprint density at radius 1 is 0.962 bits per heavy atom. The summed E-state index contributed by atoms with van der Waals surface area (Å²) in [5.41, 5.74) is 1.80. The Morgan fingerprint density at radius 2 is 1.62 bits per heavy atom. The zero-order chi connectivity index (χ0) is 17.6. The van der Waals surface area contributed by atoms with Gasteiger partial charge in [0.2, 0.25) is 0 Å². The second-order valence-electron chi connectivity index (χ2n) is 8.70. The summed E-state index contributed by atoms with van der Waals surface area (Å²) in [6, 6.07) is 14.0. The molecule has 1 aromatic heterocycles. The fourth-order valence-corrected chi connectivity index (χ4v) is 6.01. The Bertz CT molecular complexity index is 779. The first kappa shape index (κ1) is 16.0. The summed E-state index contributed by atoms with van der Waals surface area (Å²) in [5, 5.41) is 0. The molecular formula is C23H25NO2. The van der Waals surface area contributed by atoms with Gasteiger partial charge in [0, 0.05) is 12.6 Å². The van der Waals surface area contributed by atoms with Crippen LogP contribution in [-0.4, -0.2) is 11.0 Å². The lowest BCUT2D eigenvalue weighted by atomic mass is 9.49. The van der Waals surface area contributed by atoms with E-state index in [1.807, 2.05) is 30.3 Å². The molecule has 0 amide bonds. The van der Waals surface area contributed by atoms with Crippen molar-refractivity contribution in [3.8, 4) is 5.75 Å². The highest BCUT2D eigenvalue weighted by Crippen LogP contribution is 2.60. The molecule has 26 heavy (non-hydrogen) atoms. The molecule has 3 nitrogen and oxygen atoms in total. The summed E-state index contributed by atoms with van der Waals surface area (Å²) < 4.78 is 6.00. The van der Waals surface area contributed by atoms with Gasteiger partial charge in [0.15, 0.2) is 5.75 Å². The summed E-state index contributed by atoms with van der Waals surface area (Å²) >= 11 is 0. The Balaban J connectivity index is 1.37. The number of hydrogen-bond acceptors (Lipinski definition) is 3. The number of rotatable bonds is 4. The number of aromatic nitrogens is 1. The first-order valence-electron chi connectivity index (χ1n) is 9.90. The van der Waals surface area contributed by atoms with E-state index in [9.17, 15) is 4.79 Å². The molecule has 4 aliphatic carbocycles. The van der Waals surface area contributed by atoms with Crippen LogP contribution >= 0.6 is 0 Å². The number of carbonyl (C=O) groups excluding carboxylic acids is 1. The van der Waals surface area contributed by atoms with Gasteiger partial charge in [-0.3, -0.25) is 9.78 Å². The van der Waals surface area contributed by atoms with Crippen LogP contribution in [0.2, 0.25) is 0 Å². The van der Waals surface area contributed by atoms with Crippen molar-refractivity contribution in [2.75, 3.05) is 0 Å². The smallest absolute Gasteiger partial charge is 0.317 e. The van der Waals surface area contributed by atoms with Gasteiger partial charge in [0.25, 0.3) is 0 Å². The summed E-state index contributed by atoms with van der Waals surface area (Å²) in [4.78, 5) is 17.7. The molecule has 0 aliphatic heterocycles. The Morgan fingerprint density at radius 3 is 2.27 bits per heavy atom. The van der Waals surface area contributed by atoms with Crippen molar-refractivity contribution >= 4 is 5.97 Å². The van der Waals surface area contributed by atoms with Crippen LogP contribution in [0.1, 0.15) is 49.8 Å². The number of benzene rings is 1.